The Morgan fingerprint density at radius 1 is 1.20 bits per heavy atom. The molecule has 1 atom stereocenters. The number of ether oxygens (including phenoxy) is 2. The van der Waals surface area contributed by atoms with Crippen LogP contribution in [0.15, 0.2) is 12.1 Å². The molecule has 0 bridgehead atoms. The summed E-state index contributed by atoms with van der Waals surface area (Å²) in [4.78, 5) is 1.47. The van der Waals surface area contributed by atoms with E-state index in [1.807, 2.05) is 4.68 Å². The number of nitrogens with zero attached hydrogens (tertiary/aromatic N) is 3. The van der Waals surface area contributed by atoms with E-state index >= 15 is 0 Å². The maximum Gasteiger partial charge on any atom is 0.203 e. The highest BCUT2D eigenvalue weighted by atomic mass is 32.1. The van der Waals surface area contributed by atoms with E-state index in [4.69, 9.17) is 26.8 Å². The normalized spacial score (nSPS) is 19.6. The lowest BCUT2D eigenvalue weighted by atomic mass is 9.99. The van der Waals surface area contributed by atoms with Gasteiger partial charge in [0.15, 0.2) is 18.2 Å². The number of aryl methyl sites for hydroxylation is 1. The van der Waals surface area contributed by atoms with Crippen LogP contribution in [0.4, 0.5) is 0 Å². The second-order valence-corrected chi connectivity index (χ2v) is 7.36. The first kappa shape index (κ1) is 16.6. The highest BCUT2D eigenvalue weighted by Crippen LogP contribution is 2.36. The molecule has 0 saturated heterocycles. The molecular formula is C18H25N4O2S+. The third-order valence-electron chi connectivity index (χ3n) is 5.22. The molecule has 134 valence electrons. The van der Waals surface area contributed by atoms with Crippen molar-refractivity contribution in [1.29, 1.82) is 0 Å². The number of nitrogens with one attached hydrogen (secondary N) is 1. The Kier molecular flexibility index (Phi) is 4.29. The molecule has 1 saturated carbocycles. The molecule has 1 unspecified atom stereocenters. The fourth-order valence-electron chi connectivity index (χ4n) is 3.76. The first-order chi connectivity index (χ1) is 12.1. The highest BCUT2D eigenvalue weighted by molar-refractivity contribution is 7.71. The van der Waals surface area contributed by atoms with Crippen molar-refractivity contribution in [2.45, 2.75) is 45.4 Å². The minimum atomic E-state index is 0.579. The van der Waals surface area contributed by atoms with Gasteiger partial charge in [-0.25, -0.2) is 0 Å². The van der Waals surface area contributed by atoms with E-state index in [0.717, 1.165) is 48.3 Å². The Hall–Kier alpha value is -1.86. The summed E-state index contributed by atoms with van der Waals surface area (Å²) < 4.78 is 16.0. The van der Waals surface area contributed by atoms with Gasteiger partial charge in [0.2, 0.25) is 4.77 Å². The van der Waals surface area contributed by atoms with E-state index in [9.17, 15) is 0 Å². The number of aromatic nitrogens is 3. The molecule has 1 N–H and O–H groups in total. The zero-order valence-electron chi connectivity index (χ0n) is 15.0. The molecule has 25 heavy (non-hydrogen) atoms. The molecule has 2 heterocycles. The van der Waals surface area contributed by atoms with Crippen LogP contribution in [0.25, 0.3) is 0 Å². The Morgan fingerprint density at radius 3 is 2.52 bits per heavy atom. The number of hydrogen-bond acceptors (Lipinski definition) is 4. The van der Waals surface area contributed by atoms with Crippen molar-refractivity contribution in [1.82, 2.24) is 14.3 Å². The van der Waals surface area contributed by atoms with Gasteiger partial charge in [-0.05, 0) is 49.7 Å². The molecule has 7 heteroatoms. The van der Waals surface area contributed by atoms with E-state index in [0.29, 0.717) is 6.04 Å². The van der Waals surface area contributed by atoms with Gasteiger partial charge in [-0.3, -0.25) is 0 Å². The maximum atomic E-state index is 5.66. The molecule has 1 aromatic heterocycles. The molecule has 1 fully saturated rings. The number of rotatable bonds is 5. The zero-order chi connectivity index (χ0) is 17.6. The minimum absolute atomic E-state index is 0.579. The van der Waals surface area contributed by atoms with Crippen LogP contribution in [0.1, 0.15) is 35.8 Å². The van der Waals surface area contributed by atoms with Crippen molar-refractivity contribution in [2.75, 3.05) is 20.8 Å². The molecule has 2 aromatic rings. The van der Waals surface area contributed by atoms with Crippen LogP contribution >= 0.6 is 12.2 Å². The topological polar surface area (TPSA) is 45.6 Å². The third-order valence-corrected chi connectivity index (χ3v) is 5.63. The summed E-state index contributed by atoms with van der Waals surface area (Å²) in [6.45, 7) is 4.89. The van der Waals surface area contributed by atoms with Crippen molar-refractivity contribution < 1.29 is 14.4 Å². The Bertz CT molecular complexity index is 853. The van der Waals surface area contributed by atoms with Crippen LogP contribution in [-0.4, -0.2) is 35.1 Å². The van der Waals surface area contributed by atoms with E-state index in [-0.39, 0.29) is 0 Å². The quantitative estimate of drug-likeness (QED) is 0.823. The van der Waals surface area contributed by atoms with Crippen molar-refractivity contribution >= 4 is 12.2 Å². The van der Waals surface area contributed by atoms with E-state index in [2.05, 4.69) is 23.6 Å². The van der Waals surface area contributed by atoms with Crippen LogP contribution < -0.4 is 14.4 Å². The van der Waals surface area contributed by atoms with Gasteiger partial charge in [0.25, 0.3) is 0 Å². The van der Waals surface area contributed by atoms with Crippen LogP contribution in [0, 0.1) is 11.7 Å². The fraction of sp³-hybridized carbons (Fsp3) is 0.556. The van der Waals surface area contributed by atoms with Crippen molar-refractivity contribution in [3.05, 3.63) is 33.9 Å². The fourth-order valence-corrected chi connectivity index (χ4v) is 4.15. The van der Waals surface area contributed by atoms with Gasteiger partial charge in [-0.2, -0.15) is 9.78 Å². The predicted octanol–water partition coefficient (Wildman–Crippen LogP) is 1.67. The molecule has 1 aliphatic heterocycles. The lowest BCUT2D eigenvalue weighted by Gasteiger charge is -2.26. The van der Waals surface area contributed by atoms with E-state index < -0.39 is 0 Å². The standard InChI is InChI=1S/C18H24N4O2S/c1-12-19-21(18(25)22(12)15-4-5-15)11-20-7-6-13-8-16(23-2)17(24-3)9-14(13)10-20/h8-9,15H,4-7,10-11H2,1-3H3/p+1. The van der Waals surface area contributed by atoms with Crippen molar-refractivity contribution in [3.63, 3.8) is 0 Å². The number of fused-ring (bicyclic) bond motifs is 1. The first-order valence-corrected chi connectivity index (χ1v) is 9.24. The Balaban J connectivity index is 1.55. The summed E-state index contributed by atoms with van der Waals surface area (Å²) in [6.07, 6.45) is 3.49. The third kappa shape index (κ3) is 3.06. The molecule has 2 aliphatic rings. The summed E-state index contributed by atoms with van der Waals surface area (Å²) in [6, 6.07) is 4.80. The van der Waals surface area contributed by atoms with E-state index in [1.165, 1.54) is 28.9 Å². The van der Waals surface area contributed by atoms with Gasteiger partial charge >= 0.3 is 0 Å². The molecule has 0 amide bonds. The summed E-state index contributed by atoms with van der Waals surface area (Å²) in [5.41, 5.74) is 2.67. The molecule has 4 rings (SSSR count). The summed E-state index contributed by atoms with van der Waals surface area (Å²) in [5.74, 6) is 2.65. The highest BCUT2D eigenvalue weighted by Gasteiger charge is 2.28. The largest absolute Gasteiger partial charge is 0.493 e. The minimum Gasteiger partial charge on any atom is -0.493 e. The predicted molar refractivity (Wildman–Crippen MR) is 96.8 cm³/mol. The average Bonchev–Trinajstić information content (AvgIpc) is 3.40. The molecule has 0 radical (unpaired) electrons. The Labute approximate surface area is 153 Å². The second-order valence-electron chi connectivity index (χ2n) is 6.99. The lowest BCUT2D eigenvalue weighted by molar-refractivity contribution is -0.939. The number of hydrogen-bond donors (Lipinski definition) is 1. The van der Waals surface area contributed by atoms with Gasteiger partial charge in [-0.15, -0.1) is 0 Å². The van der Waals surface area contributed by atoms with Crippen molar-refractivity contribution in [2.24, 2.45) is 0 Å². The van der Waals surface area contributed by atoms with Crippen LogP contribution in [0.2, 0.25) is 0 Å². The summed E-state index contributed by atoms with van der Waals surface area (Å²) >= 11 is 5.66. The van der Waals surface area contributed by atoms with Gasteiger partial charge in [0.1, 0.15) is 12.4 Å². The molecule has 1 aliphatic carbocycles. The SMILES string of the molecule is COc1cc2c(cc1OC)C[NH+](Cn1nc(C)n(C3CC3)c1=S)CC2. The second kappa shape index (κ2) is 6.46. The van der Waals surface area contributed by atoms with E-state index in [1.54, 1.807) is 14.2 Å². The number of quaternary nitrogens is 1. The Morgan fingerprint density at radius 2 is 1.88 bits per heavy atom. The monoisotopic (exact) mass is 361 g/mol. The van der Waals surface area contributed by atoms with Crippen molar-refractivity contribution in [3.8, 4) is 11.5 Å². The first-order valence-electron chi connectivity index (χ1n) is 8.84. The van der Waals surface area contributed by atoms with Crippen LogP contribution in [0.3, 0.4) is 0 Å². The van der Waals surface area contributed by atoms with Gasteiger partial charge in [-0.1, -0.05) is 0 Å². The smallest absolute Gasteiger partial charge is 0.203 e. The van der Waals surface area contributed by atoms with Crippen LogP contribution in [0.5, 0.6) is 11.5 Å². The number of benzene rings is 1. The lowest BCUT2D eigenvalue weighted by Crippen LogP contribution is -3.11. The molecular weight excluding hydrogens is 336 g/mol. The zero-order valence-corrected chi connectivity index (χ0v) is 15.9. The van der Waals surface area contributed by atoms with Crippen LogP contribution in [-0.2, 0) is 19.6 Å². The number of methoxy groups -OCH3 is 2. The van der Waals surface area contributed by atoms with Gasteiger partial charge in [0.05, 0.1) is 20.8 Å². The molecule has 1 aromatic carbocycles. The summed E-state index contributed by atoms with van der Waals surface area (Å²) in [5, 5.41) is 4.69. The van der Waals surface area contributed by atoms with Gasteiger partial charge < -0.3 is 18.9 Å². The molecule has 0 spiro atoms. The van der Waals surface area contributed by atoms with Gasteiger partial charge in [0, 0.05) is 18.0 Å². The average molecular weight is 361 g/mol. The molecule has 6 nitrogen and oxygen atoms in total. The maximum absolute atomic E-state index is 5.66. The summed E-state index contributed by atoms with van der Waals surface area (Å²) in [7, 11) is 3.37.